The first-order valence-electron chi connectivity index (χ1n) is 7.55. The Bertz CT molecular complexity index is 586. The minimum atomic E-state index is -4.45. The Morgan fingerprint density at radius 3 is 2.62 bits per heavy atom. The molecule has 0 aromatic heterocycles. The molecule has 1 fully saturated rings. The molecule has 4 nitrogen and oxygen atoms in total. The van der Waals surface area contributed by atoms with Crippen LogP contribution >= 0.6 is 15.9 Å². The maximum absolute atomic E-state index is 13.1. The van der Waals surface area contributed by atoms with E-state index in [0.29, 0.717) is 36.9 Å². The molecule has 1 heterocycles. The number of benzene rings is 1. The summed E-state index contributed by atoms with van der Waals surface area (Å²) in [6, 6.07) is 3.96. The molecule has 0 saturated carbocycles. The summed E-state index contributed by atoms with van der Waals surface area (Å²) >= 11 is 3.05. The highest BCUT2D eigenvalue weighted by Gasteiger charge is 2.41. The molecule has 1 aromatic rings. The largest absolute Gasteiger partial charge is 0.469 e. The Morgan fingerprint density at radius 1 is 1.38 bits per heavy atom. The number of nitrogens with one attached hydrogen (secondary N) is 1. The van der Waals surface area contributed by atoms with Crippen molar-refractivity contribution >= 4 is 27.6 Å². The van der Waals surface area contributed by atoms with Crippen molar-refractivity contribution in [3.05, 3.63) is 28.2 Å². The molecule has 134 valence electrons. The van der Waals surface area contributed by atoms with Crippen LogP contribution in [0.1, 0.15) is 24.8 Å². The third-order valence-electron chi connectivity index (χ3n) is 4.27. The molecule has 0 spiro atoms. The third-order valence-corrected chi connectivity index (χ3v) is 4.77. The molecular weight excluding hydrogens is 391 g/mol. The highest BCUT2D eigenvalue weighted by atomic mass is 79.9. The van der Waals surface area contributed by atoms with E-state index in [1.807, 2.05) is 0 Å². The van der Waals surface area contributed by atoms with Crippen LogP contribution < -0.4 is 5.32 Å². The van der Waals surface area contributed by atoms with Crippen molar-refractivity contribution < 1.29 is 27.4 Å². The minimum absolute atomic E-state index is 0.00206. The quantitative estimate of drug-likeness (QED) is 0.738. The second kappa shape index (κ2) is 7.74. The fraction of sp³-hybridized carbons (Fsp3) is 0.562. The summed E-state index contributed by atoms with van der Waals surface area (Å²) in [5.74, 6) is -0.334. The molecule has 0 aliphatic carbocycles. The van der Waals surface area contributed by atoms with E-state index >= 15 is 0 Å². The molecule has 0 radical (unpaired) electrons. The molecule has 0 amide bonds. The van der Waals surface area contributed by atoms with Gasteiger partial charge >= 0.3 is 12.1 Å². The predicted molar refractivity (Wildman–Crippen MR) is 86.8 cm³/mol. The van der Waals surface area contributed by atoms with Gasteiger partial charge in [0.25, 0.3) is 0 Å². The van der Waals surface area contributed by atoms with E-state index in [1.54, 1.807) is 6.07 Å². The summed E-state index contributed by atoms with van der Waals surface area (Å²) in [5, 5.41) is 2.81. The number of halogens is 4. The van der Waals surface area contributed by atoms with Crippen molar-refractivity contribution in [2.75, 3.05) is 32.2 Å². The molecule has 24 heavy (non-hydrogen) atoms. The van der Waals surface area contributed by atoms with Crippen LogP contribution in [0.4, 0.5) is 18.9 Å². The van der Waals surface area contributed by atoms with Crippen molar-refractivity contribution in [3.8, 4) is 0 Å². The Morgan fingerprint density at radius 2 is 2.04 bits per heavy atom. The van der Waals surface area contributed by atoms with Gasteiger partial charge in [-0.05, 0) is 37.5 Å². The topological polar surface area (TPSA) is 47.6 Å². The molecule has 8 heteroatoms. The van der Waals surface area contributed by atoms with Crippen molar-refractivity contribution in [2.24, 2.45) is 5.41 Å². The zero-order valence-electron chi connectivity index (χ0n) is 13.2. The third kappa shape index (κ3) is 4.42. The second-order valence-corrected chi connectivity index (χ2v) is 6.66. The number of methoxy groups -OCH3 is 1. The van der Waals surface area contributed by atoms with Gasteiger partial charge in [-0.1, -0.05) is 15.9 Å². The van der Waals surface area contributed by atoms with Crippen LogP contribution in [0, 0.1) is 5.41 Å². The van der Waals surface area contributed by atoms with Gasteiger partial charge in [0, 0.05) is 29.9 Å². The summed E-state index contributed by atoms with van der Waals surface area (Å²) in [6.07, 6.45) is -3.05. The zero-order chi connectivity index (χ0) is 17.8. The van der Waals surface area contributed by atoms with Crippen molar-refractivity contribution in [3.63, 3.8) is 0 Å². The number of hydrogen-bond acceptors (Lipinski definition) is 4. The molecule has 1 saturated heterocycles. The van der Waals surface area contributed by atoms with Crippen LogP contribution in [0.5, 0.6) is 0 Å². The first-order chi connectivity index (χ1) is 11.3. The molecule has 1 aliphatic heterocycles. The molecule has 0 atom stereocenters. The van der Waals surface area contributed by atoms with E-state index in [9.17, 15) is 18.0 Å². The number of ether oxygens (including phenoxy) is 2. The summed E-state index contributed by atoms with van der Waals surface area (Å²) in [7, 11) is 1.32. The first kappa shape index (κ1) is 19.1. The average molecular weight is 410 g/mol. The molecule has 2 rings (SSSR count). The van der Waals surface area contributed by atoms with Crippen LogP contribution in [-0.2, 0) is 20.4 Å². The lowest BCUT2D eigenvalue weighted by atomic mass is 9.77. The molecule has 0 unspecified atom stereocenters. The lowest BCUT2D eigenvalue weighted by molar-refractivity contribution is -0.159. The average Bonchev–Trinajstić information content (AvgIpc) is 2.55. The molecule has 1 aromatic carbocycles. The van der Waals surface area contributed by atoms with Crippen LogP contribution in [0.25, 0.3) is 0 Å². The standard InChI is InChI=1S/C16H19BrF3NO3/c1-23-14(22)15(5-8-24-9-6-15)4-7-21-13-3-2-11(17)10-12(13)16(18,19)20/h2-3,10,21H,4-9H2,1H3. The number of alkyl halides is 3. The number of rotatable bonds is 5. The van der Waals surface area contributed by atoms with Gasteiger partial charge in [0.1, 0.15) is 0 Å². The van der Waals surface area contributed by atoms with Crippen molar-refractivity contribution in [1.29, 1.82) is 0 Å². The Hall–Kier alpha value is -1.28. The van der Waals surface area contributed by atoms with Crippen LogP contribution in [0.2, 0.25) is 0 Å². The molecular formula is C16H19BrF3NO3. The number of carbonyl (C=O) groups excluding carboxylic acids is 1. The fourth-order valence-electron chi connectivity index (χ4n) is 2.88. The predicted octanol–water partition coefficient (Wildman–Crippen LogP) is 4.24. The first-order valence-corrected chi connectivity index (χ1v) is 8.35. The van der Waals surface area contributed by atoms with E-state index < -0.39 is 17.2 Å². The number of esters is 1. The van der Waals surface area contributed by atoms with E-state index in [1.165, 1.54) is 13.2 Å². The monoisotopic (exact) mass is 409 g/mol. The van der Waals surface area contributed by atoms with Crippen LogP contribution in [0.15, 0.2) is 22.7 Å². The number of anilines is 1. The summed E-state index contributed by atoms with van der Waals surface area (Å²) in [4.78, 5) is 12.1. The lowest BCUT2D eigenvalue weighted by Gasteiger charge is -2.34. The van der Waals surface area contributed by atoms with Gasteiger partial charge in [0.2, 0.25) is 0 Å². The van der Waals surface area contributed by atoms with Gasteiger partial charge in [0.15, 0.2) is 0 Å². The number of hydrogen-bond donors (Lipinski definition) is 1. The SMILES string of the molecule is COC(=O)C1(CCNc2ccc(Br)cc2C(F)(F)F)CCOCC1. The van der Waals surface area contributed by atoms with Crippen LogP contribution in [0.3, 0.4) is 0 Å². The fourth-order valence-corrected chi connectivity index (χ4v) is 3.24. The van der Waals surface area contributed by atoms with E-state index in [4.69, 9.17) is 9.47 Å². The summed E-state index contributed by atoms with van der Waals surface area (Å²) < 4.78 is 49.9. The van der Waals surface area contributed by atoms with E-state index in [2.05, 4.69) is 21.2 Å². The normalized spacial score (nSPS) is 17.4. The van der Waals surface area contributed by atoms with Crippen molar-refractivity contribution in [2.45, 2.75) is 25.4 Å². The van der Waals surface area contributed by atoms with Gasteiger partial charge in [-0.3, -0.25) is 4.79 Å². The van der Waals surface area contributed by atoms with Gasteiger partial charge in [0.05, 0.1) is 18.1 Å². The van der Waals surface area contributed by atoms with E-state index in [-0.39, 0.29) is 18.2 Å². The smallest absolute Gasteiger partial charge is 0.418 e. The van der Waals surface area contributed by atoms with Gasteiger partial charge in [-0.15, -0.1) is 0 Å². The Labute approximate surface area is 146 Å². The molecule has 0 bridgehead atoms. The summed E-state index contributed by atoms with van der Waals surface area (Å²) in [5.41, 5.74) is -1.44. The van der Waals surface area contributed by atoms with Gasteiger partial charge < -0.3 is 14.8 Å². The Balaban J connectivity index is 2.09. The lowest BCUT2D eigenvalue weighted by Crippen LogP contribution is -2.39. The molecule has 1 aliphatic rings. The summed E-state index contributed by atoms with van der Waals surface area (Å²) in [6.45, 7) is 1.13. The zero-order valence-corrected chi connectivity index (χ0v) is 14.8. The van der Waals surface area contributed by atoms with E-state index in [0.717, 1.165) is 6.07 Å². The van der Waals surface area contributed by atoms with Gasteiger partial charge in [-0.2, -0.15) is 13.2 Å². The highest BCUT2D eigenvalue weighted by molar-refractivity contribution is 9.10. The highest BCUT2D eigenvalue weighted by Crippen LogP contribution is 2.38. The maximum Gasteiger partial charge on any atom is 0.418 e. The van der Waals surface area contributed by atoms with Gasteiger partial charge in [-0.25, -0.2) is 0 Å². The Kier molecular flexibility index (Phi) is 6.14. The van der Waals surface area contributed by atoms with Crippen molar-refractivity contribution in [1.82, 2.24) is 0 Å². The molecule has 1 N–H and O–H groups in total. The maximum atomic E-state index is 13.1. The minimum Gasteiger partial charge on any atom is -0.469 e. The van der Waals surface area contributed by atoms with Crippen LogP contribution in [-0.4, -0.2) is 32.8 Å². The number of carbonyl (C=O) groups is 1. The second-order valence-electron chi connectivity index (χ2n) is 5.75.